The molecule has 1 aliphatic rings. The van der Waals surface area contributed by atoms with E-state index < -0.39 is 0 Å². The van der Waals surface area contributed by atoms with Crippen LogP contribution in [0.5, 0.6) is 5.75 Å². The monoisotopic (exact) mass is 462 g/mol. The normalized spacial score (nSPS) is 15.8. The molecule has 0 aromatic heterocycles. The molecule has 1 aliphatic heterocycles. The highest BCUT2D eigenvalue weighted by molar-refractivity contribution is 6.12. The number of anilines is 2. The molecule has 0 bridgehead atoms. The Kier molecular flexibility index (Phi) is 6.53. The number of amides is 1. The number of hydrogen-bond acceptors (Lipinski definition) is 3. The molecule has 1 amide bonds. The van der Waals surface area contributed by atoms with Crippen molar-refractivity contribution in [3.63, 3.8) is 0 Å². The van der Waals surface area contributed by atoms with Gasteiger partial charge in [-0.1, -0.05) is 80.6 Å². The molecule has 1 N–H and O–H groups in total. The lowest BCUT2D eigenvalue weighted by molar-refractivity contribution is 0.0975. The van der Waals surface area contributed by atoms with Crippen LogP contribution in [0.25, 0.3) is 0 Å². The zero-order valence-electron chi connectivity index (χ0n) is 20.1. The summed E-state index contributed by atoms with van der Waals surface area (Å²) in [4.78, 5) is 15.5. The molecule has 4 aromatic rings. The lowest BCUT2D eigenvalue weighted by Crippen LogP contribution is -2.43. The zero-order valence-corrected chi connectivity index (χ0v) is 20.1. The van der Waals surface area contributed by atoms with Crippen LogP contribution < -0.4 is 15.0 Å². The standard InChI is InChI=1S/C31H30N2O2/c1-3-22(2)24-13-17-26(18-14-24)33-30(32-29-12-8-7-11-28(29)31(33)34)25-15-19-27(20-16-25)35-21-23-9-5-4-6-10-23/h4-20,22,30,32H,3,21H2,1-2H3/t22-,30+/m1/s1. The molecule has 1 heterocycles. The van der Waals surface area contributed by atoms with Crippen LogP contribution in [-0.2, 0) is 6.61 Å². The topological polar surface area (TPSA) is 41.6 Å². The van der Waals surface area contributed by atoms with Crippen LogP contribution in [0.3, 0.4) is 0 Å². The quantitative estimate of drug-likeness (QED) is 0.308. The fourth-order valence-electron chi connectivity index (χ4n) is 4.44. The van der Waals surface area contributed by atoms with Crippen molar-refractivity contribution in [2.24, 2.45) is 0 Å². The van der Waals surface area contributed by atoms with E-state index in [1.165, 1.54) is 5.56 Å². The van der Waals surface area contributed by atoms with Gasteiger partial charge in [-0.25, -0.2) is 0 Å². The minimum absolute atomic E-state index is 0.00922. The molecule has 0 spiro atoms. The molecule has 0 aliphatic carbocycles. The van der Waals surface area contributed by atoms with Gasteiger partial charge in [-0.15, -0.1) is 0 Å². The predicted molar refractivity (Wildman–Crippen MR) is 142 cm³/mol. The highest BCUT2D eigenvalue weighted by atomic mass is 16.5. The number of hydrogen-bond donors (Lipinski definition) is 1. The Morgan fingerprint density at radius 2 is 1.54 bits per heavy atom. The molecule has 5 rings (SSSR count). The molecule has 2 atom stereocenters. The van der Waals surface area contributed by atoms with Crippen molar-refractivity contribution in [2.75, 3.05) is 10.2 Å². The summed E-state index contributed by atoms with van der Waals surface area (Å²) in [7, 11) is 0. The Labute approximate surface area is 207 Å². The van der Waals surface area contributed by atoms with Gasteiger partial charge in [0.25, 0.3) is 5.91 Å². The van der Waals surface area contributed by atoms with Gasteiger partial charge in [-0.05, 0) is 65.4 Å². The second-order valence-corrected chi connectivity index (χ2v) is 9.01. The third kappa shape index (κ3) is 4.78. The number of carbonyl (C=O) groups is 1. The van der Waals surface area contributed by atoms with E-state index in [9.17, 15) is 4.79 Å². The predicted octanol–water partition coefficient (Wildman–Crippen LogP) is 7.55. The first kappa shape index (κ1) is 22.7. The fraction of sp³-hybridized carbons (Fsp3) is 0.194. The van der Waals surface area contributed by atoms with E-state index in [2.05, 4.69) is 43.4 Å². The maximum Gasteiger partial charge on any atom is 0.262 e. The summed E-state index contributed by atoms with van der Waals surface area (Å²) in [5, 5.41) is 3.58. The van der Waals surface area contributed by atoms with Crippen molar-refractivity contribution in [2.45, 2.75) is 39.0 Å². The highest BCUT2D eigenvalue weighted by Gasteiger charge is 2.34. The highest BCUT2D eigenvalue weighted by Crippen LogP contribution is 2.37. The average molecular weight is 463 g/mol. The molecule has 0 fully saturated rings. The third-order valence-electron chi connectivity index (χ3n) is 6.72. The van der Waals surface area contributed by atoms with Crippen molar-refractivity contribution in [1.82, 2.24) is 0 Å². The molecule has 0 saturated carbocycles. The van der Waals surface area contributed by atoms with Crippen molar-refractivity contribution in [3.8, 4) is 5.75 Å². The lowest BCUT2D eigenvalue weighted by atomic mass is 9.97. The molecule has 35 heavy (non-hydrogen) atoms. The van der Waals surface area contributed by atoms with Gasteiger partial charge in [0.05, 0.1) is 5.56 Å². The summed E-state index contributed by atoms with van der Waals surface area (Å²) >= 11 is 0. The van der Waals surface area contributed by atoms with Crippen LogP contribution in [-0.4, -0.2) is 5.91 Å². The van der Waals surface area contributed by atoms with Crippen molar-refractivity contribution in [1.29, 1.82) is 0 Å². The number of carbonyl (C=O) groups excluding carboxylic acids is 1. The van der Waals surface area contributed by atoms with Gasteiger partial charge in [0.1, 0.15) is 18.5 Å². The van der Waals surface area contributed by atoms with Gasteiger partial charge >= 0.3 is 0 Å². The van der Waals surface area contributed by atoms with E-state index in [1.807, 2.05) is 83.8 Å². The summed E-state index contributed by atoms with van der Waals surface area (Å²) < 4.78 is 5.97. The minimum Gasteiger partial charge on any atom is -0.489 e. The number of ether oxygens (including phenoxy) is 1. The number of para-hydroxylation sites is 1. The van der Waals surface area contributed by atoms with Gasteiger partial charge in [-0.2, -0.15) is 0 Å². The molecule has 0 unspecified atom stereocenters. The van der Waals surface area contributed by atoms with Crippen LogP contribution in [0, 0.1) is 0 Å². The van der Waals surface area contributed by atoms with Crippen LogP contribution >= 0.6 is 0 Å². The number of nitrogens with zero attached hydrogens (tertiary/aromatic N) is 1. The second-order valence-electron chi connectivity index (χ2n) is 9.01. The van der Waals surface area contributed by atoms with E-state index in [4.69, 9.17) is 4.74 Å². The molecule has 0 radical (unpaired) electrons. The Balaban J connectivity index is 1.44. The lowest BCUT2D eigenvalue weighted by Gasteiger charge is -2.38. The van der Waals surface area contributed by atoms with Gasteiger partial charge in [0, 0.05) is 11.4 Å². The summed E-state index contributed by atoms with van der Waals surface area (Å²) in [6.45, 7) is 4.93. The minimum atomic E-state index is -0.324. The van der Waals surface area contributed by atoms with Gasteiger partial charge in [0.15, 0.2) is 0 Å². The van der Waals surface area contributed by atoms with Crippen molar-refractivity contribution >= 4 is 17.3 Å². The third-order valence-corrected chi connectivity index (χ3v) is 6.72. The summed E-state index contributed by atoms with van der Waals surface area (Å²) in [5.74, 6) is 1.27. The van der Waals surface area contributed by atoms with Crippen LogP contribution in [0.4, 0.5) is 11.4 Å². The Bertz CT molecular complexity index is 1280. The fourth-order valence-corrected chi connectivity index (χ4v) is 4.44. The Morgan fingerprint density at radius 3 is 2.26 bits per heavy atom. The first-order valence-electron chi connectivity index (χ1n) is 12.2. The maximum absolute atomic E-state index is 13.7. The zero-order chi connectivity index (χ0) is 24.2. The maximum atomic E-state index is 13.7. The molecule has 0 saturated heterocycles. The number of nitrogens with one attached hydrogen (secondary N) is 1. The van der Waals surface area contributed by atoms with E-state index >= 15 is 0 Å². The number of fused-ring (bicyclic) bond motifs is 1. The van der Waals surface area contributed by atoms with Gasteiger partial charge < -0.3 is 10.1 Å². The van der Waals surface area contributed by atoms with Gasteiger partial charge in [0.2, 0.25) is 0 Å². The van der Waals surface area contributed by atoms with E-state index in [0.717, 1.165) is 34.7 Å². The molecular weight excluding hydrogens is 432 g/mol. The Morgan fingerprint density at radius 1 is 0.857 bits per heavy atom. The van der Waals surface area contributed by atoms with Crippen molar-refractivity contribution < 1.29 is 9.53 Å². The smallest absolute Gasteiger partial charge is 0.262 e. The van der Waals surface area contributed by atoms with Gasteiger partial charge in [-0.3, -0.25) is 9.69 Å². The average Bonchev–Trinajstić information content (AvgIpc) is 2.92. The first-order chi connectivity index (χ1) is 17.1. The van der Waals surface area contributed by atoms with Crippen LogP contribution in [0.2, 0.25) is 0 Å². The SMILES string of the molecule is CC[C@@H](C)c1ccc(N2C(=O)c3ccccc3N[C@@H]2c2ccc(OCc3ccccc3)cc2)cc1. The molecular formula is C31H30N2O2. The summed E-state index contributed by atoms with van der Waals surface area (Å²) in [6.07, 6.45) is 0.758. The molecule has 176 valence electrons. The van der Waals surface area contributed by atoms with Crippen LogP contribution in [0.15, 0.2) is 103 Å². The first-order valence-corrected chi connectivity index (χ1v) is 12.2. The van der Waals surface area contributed by atoms with E-state index in [-0.39, 0.29) is 12.1 Å². The Hall–Kier alpha value is -4.05. The number of benzene rings is 4. The molecule has 4 heteroatoms. The number of rotatable bonds is 7. The molecule has 4 aromatic carbocycles. The largest absolute Gasteiger partial charge is 0.489 e. The van der Waals surface area contributed by atoms with Crippen LogP contribution in [0.1, 0.15) is 59.4 Å². The van der Waals surface area contributed by atoms with Crippen molar-refractivity contribution in [3.05, 3.63) is 125 Å². The second kappa shape index (κ2) is 10.1. The summed E-state index contributed by atoms with van der Waals surface area (Å²) in [5.41, 5.74) is 5.80. The van der Waals surface area contributed by atoms with E-state index in [1.54, 1.807) is 0 Å². The molecule has 4 nitrogen and oxygen atoms in total. The van der Waals surface area contributed by atoms with E-state index in [0.29, 0.717) is 18.1 Å². The summed E-state index contributed by atoms with van der Waals surface area (Å²) in [6, 6.07) is 34.2.